The lowest BCUT2D eigenvalue weighted by molar-refractivity contribution is -0.144. The molecule has 0 unspecified atom stereocenters. The van der Waals surface area contributed by atoms with Crippen LogP contribution in [0.4, 0.5) is 0 Å². The lowest BCUT2D eigenvalue weighted by atomic mass is 9.77. The number of carbonyl (C=O) groups is 2. The van der Waals surface area contributed by atoms with Crippen LogP contribution in [0.1, 0.15) is 44.6 Å². The third-order valence-electron chi connectivity index (χ3n) is 6.21. The highest BCUT2D eigenvalue weighted by Crippen LogP contribution is 2.41. The van der Waals surface area contributed by atoms with Gasteiger partial charge in [0.2, 0.25) is 5.91 Å². The fourth-order valence-corrected chi connectivity index (χ4v) is 4.49. The van der Waals surface area contributed by atoms with Crippen molar-refractivity contribution in [1.82, 2.24) is 9.80 Å². The van der Waals surface area contributed by atoms with Gasteiger partial charge in [0, 0.05) is 45.1 Å². The van der Waals surface area contributed by atoms with Crippen molar-refractivity contribution in [2.24, 2.45) is 5.41 Å². The van der Waals surface area contributed by atoms with Gasteiger partial charge in [-0.1, -0.05) is 37.3 Å². The van der Waals surface area contributed by atoms with E-state index in [1.165, 1.54) is 5.56 Å². The Bertz CT molecular complexity index is 634. The maximum absolute atomic E-state index is 12.5. The normalized spacial score (nSPS) is 20.3. The van der Waals surface area contributed by atoms with Crippen LogP contribution in [-0.4, -0.2) is 61.0 Å². The van der Waals surface area contributed by atoms with Crippen LogP contribution in [0.2, 0.25) is 0 Å². The van der Waals surface area contributed by atoms with Crippen molar-refractivity contribution < 1.29 is 14.3 Å². The molecule has 148 valence electrons. The molecule has 2 fully saturated rings. The number of piperidine rings is 1. The van der Waals surface area contributed by atoms with E-state index < -0.39 is 0 Å². The van der Waals surface area contributed by atoms with Gasteiger partial charge < -0.3 is 14.5 Å². The SMILES string of the molecule is CC[C@H](OC)C(=O)N1CCC2(CC1)CC(=O)N(CCCc1ccccc1)C2. The Morgan fingerprint density at radius 1 is 1.22 bits per heavy atom. The first-order chi connectivity index (χ1) is 13.1. The molecule has 1 aromatic rings. The summed E-state index contributed by atoms with van der Waals surface area (Å²) in [5, 5.41) is 0. The van der Waals surface area contributed by atoms with Crippen LogP contribution in [-0.2, 0) is 20.7 Å². The number of aryl methyl sites for hydroxylation is 1. The molecule has 0 aromatic heterocycles. The fourth-order valence-electron chi connectivity index (χ4n) is 4.49. The Morgan fingerprint density at radius 3 is 2.56 bits per heavy atom. The van der Waals surface area contributed by atoms with Gasteiger partial charge in [0.05, 0.1) is 0 Å². The summed E-state index contributed by atoms with van der Waals surface area (Å²) in [5.74, 6) is 0.380. The Balaban J connectivity index is 1.48. The summed E-state index contributed by atoms with van der Waals surface area (Å²) in [5.41, 5.74) is 1.39. The first kappa shape index (κ1) is 19.9. The molecule has 2 saturated heterocycles. The molecule has 27 heavy (non-hydrogen) atoms. The van der Waals surface area contributed by atoms with E-state index in [-0.39, 0.29) is 23.3 Å². The highest BCUT2D eigenvalue weighted by atomic mass is 16.5. The predicted octanol–water partition coefficient (Wildman–Crippen LogP) is 2.89. The zero-order valence-corrected chi connectivity index (χ0v) is 16.7. The van der Waals surface area contributed by atoms with Crippen molar-refractivity contribution in [2.45, 2.75) is 51.6 Å². The number of ether oxygens (including phenoxy) is 1. The fraction of sp³-hybridized carbons (Fsp3) is 0.636. The third-order valence-corrected chi connectivity index (χ3v) is 6.21. The van der Waals surface area contributed by atoms with E-state index in [2.05, 4.69) is 24.3 Å². The first-order valence-corrected chi connectivity index (χ1v) is 10.2. The zero-order chi connectivity index (χ0) is 19.3. The molecule has 1 atom stereocenters. The van der Waals surface area contributed by atoms with Crippen LogP contribution in [0.5, 0.6) is 0 Å². The molecule has 3 rings (SSSR count). The second-order valence-corrected chi connectivity index (χ2v) is 8.04. The molecule has 5 heteroatoms. The van der Waals surface area contributed by atoms with Crippen LogP contribution in [0.25, 0.3) is 0 Å². The summed E-state index contributed by atoms with van der Waals surface area (Å²) < 4.78 is 5.29. The van der Waals surface area contributed by atoms with Gasteiger partial charge in [0.15, 0.2) is 0 Å². The highest BCUT2D eigenvalue weighted by Gasteiger charge is 2.45. The van der Waals surface area contributed by atoms with Crippen molar-refractivity contribution in [2.75, 3.05) is 33.3 Å². The van der Waals surface area contributed by atoms with Crippen LogP contribution in [0, 0.1) is 5.41 Å². The molecule has 1 aromatic carbocycles. The van der Waals surface area contributed by atoms with Gasteiger partial charge in [-0.15, -0.1) is 0 Å². The van der Waals surface area contributed by atoms with Crippen LogP contribution in [0.3, 0.4) is 0 Å². The van der Waals surface area contributed by atoms with Gasteiger partial charge in [0.1, 0.15) is 6.10 Å². The molecule has 2 heterocycles. The second-order valence-electron chi connectivity index (χ2n) is 8.04. The van der Waals surface area contributed by atoms with Gasteiger partial charge in [0.25, 0.3) is 5.91 Å². The molecule has 2 amide bonds. The average Bonchev–Trinajstić information content (AvgIpc) is 2.99. The van der Waals surface area contributed by atoms with Crippen LogP contribution < -0.4 is 0 Å². The number of amides is 2. The molecular weight excluding hydrogens is 340 g/mol. The zero-order valence-electron chi connectivity index (χ0n) is 16.7. The molecule has 0 aliphatic carbocycles. The van der Waals surface area contributed by atoms with E-state index in [1.54, 1.807) is 7.11 Å². The predicted molar refractivity (Wildman–Crippen MR) is 105 cm³/mol. The first-order valence-electron chi connectivity index (χ1n) is 10.2. The van der Waals surface area contributed by atoms with Gasteiger partial charge in [-0.2, -0.15) is 0 Å². The molecular formula is C22H32N2O3. The molecule has 0 bridgehead atoms. The number of hydrogen-bond acceptors (Lipinski definition) is 3. The molecule has 0 N–H and O–H groups in total. The third kappa shape index (κ3) is 4.70. The van der Waals surface area contributed by atoms with Gasteiger partial charge in [-0.05, 0) is 37.7 Å². The van der Waals surface area contributed by atoms with E-state index in [0.29, 0.717) is 12.8 Å². The second kappa shape index (κ2) is 8.87. The minimum absolute atomic E-state index is 0.0649. The Kier molecular flexibility index (Phi) is 6.53. The van der Waals surface area contributed by atoms with E-state index in [0.717, 1.165) is 51.9 Å². The van der Waals surface area contributed by atoms with Crippen molar-refractivity contribution in [1.29, 1.82) is 0 Å². The summed E-state index contributed by atoms with van der Waals surface area (Å²) in [6.07, 6.45) is 4.85. The summed E-state index contributed by atoms with van der Waals surface area (Å²) in [6.45, 7) is 5.14. The van der Waals surface area contributed by atoms with E-state index in [4.69, 9.17) is 4.74 Å². The molecule has 0 radical (unpaired) electrons. The largest absolute Gasteiger partial charge is 0.372 e. The Morgan fingerprint density at radius 2 is 1.93 bits per heavy atom. The molecule has 5 nitrogen and oxygen atoms in total. The van der Waals surface area contributed by atoms with Crippen molar-refractivity contribution in [3.05, 3.63) is 35.9 Å². The molecule has 1 spiro atoms. The summed E-state index contributed by atoms with van der Waals surface area (Å²) in [4.78, 5) is 29.0. The highest BCUT2D eigenvalue weighted by molar-refractivity contribution is 5.81. The smallest absolute Gasteiger partial charge is 0.251 e. The standard InChI is InChI=1S/C22H32N2O3/c1-3-19(27-2)21(26)23-14-11-22(12-15-23)16-20(25)24(17-22)13-7-10-18-8-5-4-6-9-18/h4-6,8-9,19H,3,7,10-17H2,1-2H3/t19-/m0/s1. The summed E-state index contributed by atoms with van der Waals surface area (Å²) >= 11 is 0. The minimum atomic E-state index is -0.334. The Labute approximate surface area is 162 Å². The number of rotatable bonds is 7. The van der Waals surface area contributed by atoms with Crippen molar-refractivity contribution >= 4 is 11.8 Å². The maximum atomic E-state index is 12.5. The van der Waals surface area contributed by atoms with Crippen molar-refractivity contribution in [3.8, 4) is 0 Å². The number of likely N-dealkylation sites (tertiary alicyclic amines) is 2. The number of hydrogen-bond donors (Lipinski definition) is 0. The number of benzene rings is 1. The van der Waals surface area contributed by atoms with Gasteiger partial charge in [-0.25, -0.2) is 0 Å². The van der Waals surface area contributed by atoms with E-state index in [9.17, 15) is 9.59 Å². The lowest BCUT2D eigenvalue weighted by Crippen LogP contribution is -2.48. The summed E-state index contributed by atoms with van der Waals surface area (Å²) in [6, 6.07) is 10.4. The van der Waals surface area contributed by atoms with Crippen LogP contribution in [0.15, 0.2) is 30.3 Å². The maximum Gasteiger partial charge on any atom is 0.251 e. The number of nitrogens with zero attached hydrogens (tertiary/aromatic N) is 2. The van der Waals surface area contributed by atoms with Crippen LogP contribution >= 0.6 is 0 Å². The molecule has 0 saturated carbocycles. The average molecular weight is 373 g/mol. The minimum Gasteiger partial charge on any atom is -0.372 e. The lowest BCUT2D eigenvalue weighted by Gasteiger charge is -2.39. The summed E-state index contributed by atoms with van der Waals surface area (Å²) in [7, 11) is 1.60. The number of methoxy groups -OCH3 is 1. The van der Waals surface area contributed by atoms with E-state index in [1.807, 2.05) is 22.8 Å². The van der Waals surface area contributed by atoms with Gasteiger partial charge >= 0.3 is 0 Å². The van der Waals surface area contributed by atoms with E-state index >= 15 is 0 Å². The topological polar surface area (TPSA) is 49.9 Å². The molecule has 2 aliphatic rings. The monoisotopic (exact) mass is 372 g/mol. The molecule has 2 aliphatic heterocycles. The Hall–Kier alpha value is -1.88. The van der Waals surface area contributed by atoms with Gasteiger partial charge in [-0.3, -0.25) is 9.59 Å². The number of carbonyl (C=O) groups excluding carboxylic acids is 2. The van der Waals surface area contributed by atoms with Crippen molar-refractivity contribution in [3.63, 3.8) is 0 Å². The quantitative estimate of drug-likeness (QED) is 0.739.